The molecule has 1 atom stereocenters. The van der Waals surface area contributed by atoms with Gasteiger partial charge in [-0.05, 0) is 38.3 Å². The summed E-state index contributed by atoms with van der Waals surface area (Å²) in [5, 5.41) is 0. The first-order valence-electron chi connectivity index (χ1n) is 4.55. The van der Waals surface area contributed by atoms with Crippen LogP contribution in [0.25, 0.3) is 0 Å². The van der Waals surface area contributed by atoms with Gasteiger partial charge in [0, 0.05) is 6.54 Å². The predicted molar refractivity (Wildman–Crippen MR) is 52.4 cm³/mol. The molecule has 0 aliphatic carbocycles. The second-order valence-corrected chi connectivity index (χ2v) is 3.55. The summed E-state index contributed by atoms with van der Waals surface area (Å²) in [4.78, 5) is 2.59. The van der Waals surface area contributed by atoms with E-state index in [1.165, 1.54) is 38.9 Å². The molecular weight excluding hydrogens is 158 g/mol. The number of nitrogens with zero attached hydrogens (tertiary/aromatic N) is 1. The number of halogens is 1. The van der Waals surface area contributed by atoms with Crippen LogP contribution >= 0.6 is 12.4 Å². The molecule has 0 bridgehead atoms. The van der Waals surface area contributed by atoms with Gasteiger partial charge in [0.2, 0.25) is 0 Å². The highest BCUT2D eigenvalue weighted by Gasteiger charge is 2.14. The summed E-state index contributed by atoms with van der Waals surface area (Å²) >= 11 is 0. The Morgan fingerprint density at radius 2 is 2.18 bits per heavy atom. The molecule has 1 rings (SSSR count). The third kappa shape index (κ3) is 3.97. The average Bonchev–Trinajstić information content (AvgIpc) is 1.88. The Labute approximate surface area is 76.6 Å². The zero-order chi connectivity index (χ0) is 7.40. The first-order valence-corrected chi connectivity index (χ1v) is 4.55. The van der Waals surface area contributed by atoms with Gasteiger partial charge in [0.1, 0.15) is 0 Å². The fourth-order valence-corrected chi connectivity index (χ4v) is 1.81. The Morgan fingerprint density at radius 3 is 2.73 bits per heavy atom. The molecule has 1 aliphatic heterocycles. The van der Waals surface area contributed by atoms with Gasteiger partial charge in [-0.25, -0.2) is 0 Å². The number of hydrogen-bond acceptors (Lipinski definition) is 1. The van der Waals surface area contributed by atoms with E-state index in [0.717, 1.165) is 5.92 Å². The van der Waals surface area contributed by atoms with Crippen molar-refractivity contribution in [3.8, 4) is 0 Å². The van der Waals surface area contributed by atoms with Crippen LogP contribution in [0, 0.1) is 5.92 Å². The molecule has 0 spiro atoms. The topological polar surface area (TPSA) is 3.24 Å². The van der Waals surface area contributed by atoms with Crippen LogP contribution in [0.2, 0.25) is 0 Å². The fraction of sp³-hybridized carbons (Fsp3) is 1.00. The lowest BCUT2D eigenvalue weighted by molar-refractivity contribution is 0.184. The molecule has 0 radical (unpaired) electrons. The lowest BCUT2D eigenvalue weighted by Gasteiger charge is -2.30. The van der Waals surface area contributed by atoms with Crippen LogP contribution in [0.4, 0.5) is 0 Å². The Bertz CT molecular complexity index is 93.6. The maximum absolute atomic E-state index is 2.59. The highest BCUT2D eigenvalue weighted by Crippen LogP contribution is 2.14. The summed E-state index contributed by atoms with van der Waals surface area (Å²) in [6, 6.07) is 0. The number of rotatable bonds is 2. The molecule has 0 N–H and O–H groups in total. The van der Waals surface area contributed by atoms with Crippen molar-refractivity contribution in [2.45, 2.75) is 33.1 Å². The predicted octanol–water partition coefficient (Wildman–Crippen LogP) is 2.55. The number of likely N-dealkylation sites (tertiary alicyclic amines) is 1. The van der Waals surface area contributed by atoms with E-state index in [2.05, 4.69) is 18.7 Å². The molecule has 1 fully saturated rings. The van der Waals surface area contributed by atoms with E-state index in [1.807, 2.05) is 0 Å². The summed E-state index contributed by atoms with van der Waals surface area (Å²) < 4.78 is 0. The summed E-state index contributed by atoms with van der Waals surface area (Å²) in [6.07, 6.45) is 4.17. The highest BCUT2D eigenvalue weighted by atomic mass is 35.5. The van der Waals surface area contributed by atoms with Crippen LogP contribution in [-0.4, -0.2) is 24.5 Å². The van der Waals surface area contributed by atoms with Crippen LogP contribution in [0.3, 0.4) is 0 Å². The molecular formula is C9H20ClN. The van der Waals surface area contributed by atoms with Gasteiger partial charge in [-0.3, -0.25) is 0 Å². The summed E-state index contributed by atoms with van der Waals surface area (Å²) in [6.45, 7) is 8.62. The minimum absolute atomic E-state index is 0. The van der Waals surface area contributed by atoms with E-state index < -0.39 is 0 Å². The fourth-order valence-electron chi connectivity index (χ4n) is 1.81. The zero-order valence-corrected chi connectivity index (χ0v) is 8.49. The van der Waals surface area contributed by atoms with Gasteiger partial charge in [-0.2, -0.15) is 0 Å². The van der Waals surface area contributed by atoms with Crippen molar-refractivity contribution in [1.29, 1.82) is 0 Å². The second-order valence-electron chi connectivity index (χ2n) is 3.55. The standard InChI is InChI=1S/C9H19N.ClH/c1-3-6-10-7-4-5-9(2)8-10;/h9H,3-8H2,1-2H3;1H. The molecule has 1 unspecified atom stereocenters. The number of hydrogen-bond donors (Lipinski definition) is 0. The SMILES string of the molecule is CCCN1CCCC(C)C1.Cl. The Morgan fingerprint density at radius 1 is 1.45 bits per heavy atom. The van der Waals surface area contributed by atoms with Gasteiger partial charge >= 0.3 is 0 Å². The largest absolute Gasteiger partial charge is 0.303 e. The van der Waals surface area contributed by atoms with E-state index in [9.17, 15) is 0 Å². The van der Waals surface area contributed by atoms with Crippen LogP contribution in [0.15, 0.2) is 0 Å². The third-order valence-corrected chi connectivity index (χ3v) is 2.28. The minimum atomic E-state index is 0. The van der Waals surface area contributed by atoms with E-state index in [4.69, 9.17) is 0 Å². The maximum atomic E-state index is 2.59. The first-order chi connectivity index (χ1) is 4.83. The van der Waals surface area contributed by atoms with Gasteiger partial charge in [0.05, 0.1) is 0 Å². The normalized spacial score (nSPS) is 26.2. The Hall–Kier alpha value is 0.250. The number of piperidine rings is 1. The second kappa shape index (κ2) is 5.84. The van der Waals surface area contributed by atoms with Crippen molar-refractivity contribution in [2.75, 3.05) is 19.6 Å². The third-order valence-electron chi connectivity index (χ3n) is 2.28. The molecule has 0 amide bonds. The van der Waals surface area contributed by atoms with Gasteiger partial charge in [-0.1, -0.05) is 13.8 Å². The highest BCUT2D eigenvalue weighted by molar-refractivity contribution is 5.85. The van der Waals surface area contributed by atoms with Crippen molar-refractivity contribution in [2.24, 2.45) is 5.92 Å². The molecule has 1 aliphatic rings. The van der Waals surface area contributed by atoms with Gasteiger partial charge in [0.25, 0.3) is 0 Å². The molecule has 0 aromatic carbocycles. The zero-order valence-electron chi connectivity index (χ0n) is 7.68. The summed E-state index contributed by atoms with van der Waals surface area (Å²) in [5.74, 6) is 0.945. The molecule has 68 valence electrons. The molecule has 1 nitrogen and oxygen atoms in total. The van der Waals surface area contributed by atoms with Gasteiger partial charge in [-0.15, -0.1) is 12.4 Å². The molecule has 1 heterocycles. The molecule has 0 aromatic rings. The van der Waals surface area contributed by atoms with Crippen molar-refractivity contribution < 1.29 is 0 Å². The van der Waals surface area contributed by atoms with Crippen molar-refractivity contribution in [3.05, 3.63) is 0 Å². The van der Waals surface area contributed by atoms with E-state index in [-0.39, 0.29) is 12.4 Å². The molecule has 11 heavy (non-hydrogen) atoms. The van der Waals surface area contributed by atoms with E-state index in [1.54, 1.807) is 0 Å². The van der Waals surface area contributed by atoms with E-state index >= 15 is 0 Å². The van der Waals surface area contributed by atoms with Crippen LogP contribution in [0.5, 0.6) is 0 Å². The van der Waals surface area contributed by atoms with Crippen LogP contribution < -0.4 is 0 Å². The molecule has 0 saturated carbocycles. The lowest BCUT2D eigenvalue weighted by atomic mass is 10.0. The maximum Gasteiger partial charge on any atom is 0.000702 e. The molecule has 1 saturated heterocycles. The first kappa shape index (κ1) is 11.2. The Kier molecular flexibility index (Phi) is 5.98. The monoisotopic (exact) mass is 177 g/mol. The van der Waals surface area contributed by atoms with Crippen molar-refractivity contribution in [1.82, 2.24) is 4.90 Å². The smallest absolute Gasteiger partial charge is 0.000702 e. The Balaban J connectivity index is 0.000001000. The summed E-state index contributed by atoms with van der Waals surface area (Å²) in [5.41, 5.74) is 0. The van der Waals surface area contributed by atoms with Crippen molar-refractivity contribution >= 4 is 12.4 Å². The minimum Gasteiger partial charge on any atom is -0.303 e. The van der Waals surface area contributed by atoms with Gasteiger partial charge < -0.3 is 4.90 Å². The van der Waals surface area contributed by atoms with Crippen LogP contribution in [0.1, 0.15) is 33.1 Å². The molecule has 2 heteroatoms. The van der Waals surface area contributed by atoms with Gasteiger partial charge in [0.15, 0.2) is 0 Å². The molecule has 0 aromatic heterocycles. The quantitative estimate of drug-likeness (QED) is 0.627. The van der Waals surface area contributed by atoms with Crippen LogP contribution in [-0.2, 0) is 0 Å². The van der Waals surface area contributed by atoms with Crippen molar-refractivity contribution in [3.63, 3.8) is 0 Å². The average molecular weight is 178 g/mol. The lowest BCUT2D eigenvalue weighted by Crippen LogP contribution is -2.34. The summed E-state index contributed by atoms with van der Waals surface area (Å²) in [7, 11) is 0. The van der Waals surface area contributed by atoms with E-state index in [0.29, 0.717) is 0 Å².